The molecule has 0 spiro atoms. The van der Waals surface area contributed by atoms with Crippen LogP contribution in [0.2, 0.25) is 0 Å². The molecular weight excluding hydrogens is 486 g/mol. The molecule has 240 valence electrons. The largest absolute Gasteiger partial charge is 0.870 e. The number of quaternary nitrogens is 1. The van der Waals surface area contributed by atoms with E-state index in [-0.39, 0.29) is 5.48 Å². The van der Waals surface area contributed by atoms with Gasteiger partial charge in [-0.2, -0.15) is 0 Å². The predicted octanol–water partition coefficient (Wildman–Crippen LogP) is 13.0. The second kappa shape index (κ2) is 34.6. The van der Waals surface area contributed by atoms with Gasteiger partial charge in [0.15, 0.2) is 0 Å². The molecule has 0 bridgehead atoms. The number of allylic oxidation sites excluding steroid dienone is 4. The van der Waals surface area contributed by atoms with Crippen LogP contribution >= 0.6 is 0 Å². The quantitative estimate of drug-likeness (QED) is 0.0454. The summed E-state index contributed by atoms with van der Waals surface area (Å²) in [5.41, 5.74) is 0. The molecular formula is C38H77NO. The molecule has 0 atom stereocenters. The highest BCUT2D eigenvalue weighted by Crippen LogP contribution is 2.14. The van der Waals surface area contributed by atoms with Gasteiger partial charge < -0.3 is 9.96 Å². The zero-order valence-corrected chi connectivity index (χ0v) is 28.4. The Morgan fingerprint density at radius 1 is 0.325 bits per heavy atom. The molecule has 0 unspecified atom stereocenters. The SMILES string of the molecule is CCCCCCCCC=CCCCCCCCC[N+](C)(C)CCCCCCCCC=CCCCCCCCC.[OH-]. The van der Waals surface area contributed by atoms with Gasteiger partial charge in [-0.05, 0) is 77.0 Å². The molecule has 1 N–H and O–H groups in total. The van der Waals surface area contributed by atoms with Crippen LogP contribution in [0, 0.1) is 0 Å². The van der Waals surface area contributed by atoms with Crippen LogP contribution in [0.3, 0.4) is 0 Å². The van der Waals surface area contributed by atoms with E-state index in [1.54, 1.807) is 0 Å². The van der Waals surface area contributed by atoms with E-state index in [0.717, 1.165) is 0 Å². The van der Waals surface area contributed by atoms with Crippen molar-refractivity contribution in [3.05, 3.63) is 24.3 Å². The zero-order valence-electron chi connectivity index (χ0n) is 28.4. The third-order valence-corrected chi connectivity index (χ3v) is 8.55. The van der Waals surface area contributed by atoms with E-state index in [9.17, 15) is 0 Å². The summed E-state index contributed by atoms with van der Waals surface area (Å²) in [6.07, 6.45) is 49.0. The lowest BCUT2D eigenvalue weighted by molar-refractivity contribution is -0.890. The summed E-state index contributed by atoms with van der Waals surface area (Å²) in [7, 11) is 4.91. The number of nitrogens with zero attached hydrogens (tertiary/aromatic N) is 1. The third kappa shape index (κ3) is 35.4. The van der Waals surface area contributed by atoms with Crippen LogP contribution in [0.4, 0.5) is 0 Å². The Kier molecular flexibility index (Phi) is 35.9. The van der Waals surface area contributed by atoms with Crippen LogP contribution in [0.25, 0.3) is 0 Å². The van der Waals surface area contributed by atoms with Gasteiger partial charge >= 0.3 is 0 Å². The molecule has 0 amide bonds. The standard InChI is InChI=1S/C38H76N.H2O/c1-5-7-9-11-13-15-17-19-21-23-25-27-29-31-33-35-37-39(3,4)38-36-34-32-30-28-26-24-22-20-18-16-14-12-10-8-6-2;/h19-22H,5-18,23-38H2,1-4H3;1H2/q+1;/p-1. The van der Waals surface area contributed by atoms with E-state index < -0.39 is 0 Å². The van der Waals surface area contributed by atoms with Gasteiger partial charge in [0.1, 0.15) is 0 Å². The van der Waals surface area contributed by atoms with Crippen LogP contribution in [-0.2, 0) is 0 Å². The zero-order chi connectivity index (χ0) is 28.5. The van der Waals surface area contributed by atoms with Gasteiger partial charge in [-0.15, -0.1) is 0 Å². The fourth-order valence-electron chi connectivity index (χ4n) is 5.69. The lowest BCUT2D eigenvalue weighted by Gasteiger charge is -2.30. The molecule has 0 aliphatic heterocycles. The molecule has 0 aromatic carbocycles. The Balaban J connectivity index is 0. The van der Waals surface area contributed by atoms with Crippen molar-refractivity contribution in [1.29, 1.82) is 0 Å². The predicted molar refractivity (Wildman–Crippen MR) is 183 cm³/mol. The highest BCUT2D eigenvalue weighted by molar-refractivity contribution is 4.82. The summed E-state index contributed by atoms with van der Waals surface area (Å²) in [4.78, 5) is 0. The summed E-state index contributed by atoms with van der Waals surface area (Å²) in [5.74, 6) is 0. The molecule has 0 aromatic rings. The Morgan fingerprint density at radius 3 is 0.825 bits per heavy atom. The van der Waals surface area contributed by atoms with E-state index >= 15 is 0 Å². The summed E-state index contributed by atoms with van der Waals surface area (Å²) < 4.78 is 1.23. The topological polar surface area (TPSA) is 30.0 Å². The molecule has 0 aliphatic rings. The van der Waals surface area contributed by atoms with Crippen LogP contribution in [0.5, 0.6) is 0 Å². The maximum Gasteiger partial charge on any atom is 0.0782 e. The molecule has 2 nitrogen and oxygen atoms in total. The highest BCUT2D eigenvalue weighted by Gasteiger charge is 2.13. The summed E-state index contributed by atoms with van der Waals surface area (Å²) >= 11 is 0. The number of unbranched alkanes of at least 4 members (excludes halogenated alkanes) is 24. The van der Waals surface area contributed by atoms with E-state index in [1.807, 2.05) is 0 Å². The number of rotatable bonds is 32. The van der Waals surface area contributed by atoms with Crippen molar-refractivity contribution in [2.75, 3.05) is 27.2 Å². The van der Waals surface area contributed by atoms with Crippen molar-refractivity contribution >= 4 is 0 Å². The lowest BCUT2D eigenvalue weighted by atomic mass is 10.1. The molecule has 0 saturated heterocycles. The normalized spacial score (nSPS) is 12.1. The van der Waals surface area contributed by atoms with Crippen LogP contribution in [0.15, 0.2) is 24.3 Å². The molecule has 0 aliphatic carbocycles. The Hall–Kier alpha value is -0.600. The fourth-order valence-corrected chi connectivity index (χ4v) is 5.69. The van der Waals surface area contributed by atoms with E-state index in [4.69, 9.17) is 0 Å². The van der Waals surface area contributed by atoms with E-state index in [2.05, 4.69) is 52.2 Å². The van der Waals surface area contributed by atoms with Crippen LogP contribution < -0.4 is 0 Å². The van der Waals surface area contributed by atoms with Crippen LogP contribution in [-0.4, -0.2) is 37.1 Å². The molecule has 0 fully saturated rings. The monoisotopic (exact) mass is 564 g/mol. The molecule has 40 heavy (non-hydrogen) atoms. The Bertz CT molecular complexity index is 466. The van der Waals surface area contributed by atoms with E-state index in [0.29, 0.717) is 0 Å². The van der Waals surface area contributed by atoms with Crippen molar-refractivity contribution < 1.29 is 9.96 Å². The number of hydrogen-bond donors (Lipinski definition) is 0. The smallest absolute Gasteiger partial charge is 0.0782 e. The molecule has 0 rings (SSSR count). The third-order valence-electron chi connectivity index (χ3n) is 8.55. The average molecular weight is 564 g/mol. The van der Waals surface area contributed by atoms with Gasteiger partial charge in [-0.3, -0.25) is 0 Å². The fraction of sp³-hybridized carbons (Fsp3) is 0.895. The van der Waals surface area contributed by atoms with Gasteiger partial charge in [-0.25, -0.2) is 0 Å². The molecule has 0 radical (unpaired) electrons. The van der Waals surface area contributed by atoms with Gasteiger partial charge in [0.25, 0.3) is 0 Å². The highest BCUT2D eigenvalue weighted by atomic mass is 16.0. The summed E-state index contributed by atoms with van der Waals surface area (Å²) in [6.45, 7) is 7.33. The molecule has 2 heteroatoms. The number of hydrogen-bond acceptors (Lipinski definition) is 1. The minimum atomic E-state index is 0. The Morgan fingerprint density at radius 2 is 0.550 bits per heavy atom. The van der Waals surface area contributed by atoms with Crippen molar-refractivity contribution in [2.45, 2.75) is 194 Å². The summed E-state index contributed by atoms with van der Waals surface area (Å²) in [5, 5.41) is 0. The minimum Gasteiger partial charge on any atom is -0.870 e. The summed E-state index contributed by atoms with van der Waals surface area (Å²) in [6, 6.07) is 0. The van der Waals surface area contributed by atoms with Gasteiger partial charge in [0.2, 0.25) is 0 Å². The molecule has 0 aromatic heterocycles. The van der Waals surface area contributed by atoms with Gasteiger partial charge in [0.05, 0.1) is 27.2 Å². The molecule has 0 heterocycles. The molecule has 0 saturated carbocycles. The maximum absolute atomic E-state index is 2.45. The van der Waals surface area contributed by atoms with Crippen molar-refractivity contribution in [2.24, 2.45) is 0 Å². The van der Waals surface area contributed by atoms with Crippen LogP contribution in [0.1, 0.15) is 194 Å². The Labute approximate surface area is 254 Å². The van der Waals surface area contributed by atoms with Crippen molar-refractivity contribution in [1.82, 2.24) is 0 Å². The lowest BCUT2D eigenvalue weighted by Crippen LogP contribution is -2.41. The minimum absolute atomic E-state index is 0. The second-order valence-corrected chi connectivity index (χ2v) is 13.3. The average Bonchev–Trinajstić information content (AvgIpc) is 2.92. The first-order valence-electron chi connectivity index (χ1n) is 18.2. The van der Waals surface area contributed by atoms with Gasteiger partial charge in [0, 0.05) is 0 Å². The van der Waals surface area contributed by atoms with E-state index in [1.165, 1.54) is 197 Å². The second-order valence-electron chi connectivity index (χ2n) is 13.3. The first-order chi connectivity index (χ1) is 19.1. The first-order valence-corrected chi connectivity index (χ1v) is 18.2. The van der Waals surface area contributed by atoms with Crippen molar-refractivity contribution in [3.8, 4) is 0 Å². The maximum atomic E-state index is 2.45. The first kappa shape index (κ1) is 41.5. The van der Waals surface area contributed by atoms with Gasteiger partial charge in [-0.1, -0.05) is 141 Å². The van der Waals surface area contributed by atoms with Crippen molar-refractivity contribution in [3.63, 3.8) is 0 Å².